The summed E-state index contributed by atoms with van der Waals surface area (Å²) in [6, 6.07) is 16.1. The third kappa shape index (κ3) is 5.45. The van der Waals surface area contributed by atoms with Crippen molar-refractivity contribution in [3.05, 3.63) is 70.3 Å². The highest BCUT2D eigenvalue weighted by molar-refractivity contribution is 9.10. The van der Waals surface area contributed by atoms with E-state index in [1.54, 1.807) is 24.3 Å². The van der Waals surface area contributed by atoms with Crippen molar-refractivity contribution < 1.29 is 9.90 Å². The number of rotatable bonds is 6. The topological polar surface area (TPSA) is 85.2 Å². The van der Waals surface area contributed by atoms with Crippen molar-refractivity contribution >= 4 is 27.5 Å². The molecule has 6 heteroatoms. The largest absolute Gasteiger partial charge is 0.508 e. The molecule has 0 fully saturated rings. The molecule has 2 rings (SSSR count). The van der Waals surface area contributed by atoms with Crippen LogP contribution in [0.3, 0.4) is 0 Å². The quantitative estimate of drug-likeness (QED) is 0.525. The Kier molecular flexibility index (Phi) is 6.41. The molecule has 0 aliphatic heterocycles. The van der Waals surface area contributed by atoms with E-state index in [-0.39, 0.29) is 11.3 Å². The zero-order valence-corrected chi connectivity index (χ0v) is 14.4. The monoisotopic (exact) mass is 385 g/mol. The van der Waals surface area contributed by atoms with E-state index in [0.29, 0.717) is 13.0 Å². The SMILES string of the molecule is N#C/C(=C/Nc1cccc(Br)c1)C(=O)NCCc1ccc(O)cc1. The predicted octanol–water partition coefficient (Wildman–Crippen LogP) is 3.33. The highest BCUT2D eigenvalue weighted by atomic mass is 79.9. The number of benzene rings is 2. The first-order chi connectivity index (χ1) is 11.6. The minimum absolute atomic E-state index is 0.000631. The number of hydrogen-bond donors (Lipinski definition) is 3. The molecule has 122 valence electrons. The number of nitrogens with one attached hydrogen (secondary N) is 2. The van der Waals surface area contributed by atoms with Crippen molar-refractivity contribution in [3.8, 4) is 11.8 Å². The Labute approximate surface area is 148 Å². The second-order valence-corrected chi connectivity index (χ2v) is 5.91. The van der Waals surface area contributed by atoms with Crippen LogP contribution in [-0.4, -0.2) is 17.6 Å². The summed E-state index contributed by atoms with van der Waals surface area (Å²) in [6.45, 7) is 0.402. The molecule has 0 atom stereocenters. The number of carbonyl (C=O) groups is 1. The van der Waals surface area contributed by atoms with Crippen LogP contribution in [0.2, 0.25) is 0 Å². The van der Waals surface area contributed by atoms with Gasteiger partial charge in [-0.2, -0.15) is 5.26 Å². The van der Waals surface area contributed by atoms with E-state index >= 15 is 0 Å². The van der Waals surface area contributed by atoms with Gasteiger partial charge in [0.15, 0.2) is 0 Å². The van der Waals surface area contributed by atoms with E-state index in [1.165, 1.54) is 6.20 Å². The second-order valence-electron chi connectivity index (χ2n) is 5.00. The van der Waals surface area contributed by atoms with Gasteiger partial charge in [-0.05, 0) is 42.3 Å². The molecule has 2 aromatic rings. The number of carbonyl (C=O) groups excluding carboxylic acids is 1. The van der Waals surface area contributed by atoms with Crippen LogP contribution >= 0.6 is 15.9 Å². The molecule has 0 bridgehead atoms. The van der Waals surface area contributed by atoms with Gasteiger partial charge in [-0.15, -0.1) is 0 Å². The van der Waals surface area contributed by atoms with Gasteiger partial charge in [-0.3, -0.25) is 4.79 Å². The van der Waals surface area contributed by atoms with Crippen molar-refractivity contribution in [2.45, 2.75) is 6.42 Å². The maximum Gasteiger partial charge on any atom is 0.263 e. The molecule has 1 amide bonds. The molecule has 24 heavy (non-hydrogen) atoms. The third-order valence-electron chi connectivity index (χ3n) is 3.21. The number of aromatic hydroxyl groups is 1. The molecular formula is C18H16BrN3O2. The molecule has 5 nitrogen and oxygen atoms in total. The normalized spacial score (nSPS) is 10.8. The molecule has 0 heterocycles. The third-order valence-corrected chi connectivity index (χ3v) is 3.70. The maximum atomic E-state index is 12.0. The van der Waals surface area contributed by atoms with E-state index in [1.807, 2.05) is 30.3 Å². The van der Waals surface area contributed by atoms with Gasteiger partial charge in [0, 0.05) is 22.9 Å². The van der Waals surface area contributed by atoms with E-state index in [9.17, 15) is 9.90 Å². The van der Waals surface area contributed by atoms with Crippen LogP contribution in [0, 0.1) is 11.3 Å². The summed E-state index contributed by atoms with van der Waals surface area (Å²) >= 11 is 3.36. The molecule has 0 saturated heterocycles. The van der Waals surface area contributed by atoms with Gasteiger partial charge in [-0.25, -0.2) is 0 Å². The average Bonchev–Trinajstić information content (AvgIpc) is 2.57. The first kappa shape index (κ1) is 17.6. The standard InChI is InChI=1S/C18H16BrN3O2/c19-15-2-1-3-16(10-15)22-12-14(11-20)18(24)21-9-8-13-4-6-17(23)7-5-13/h1-7,10,12,22-23H,8-9H2,(H,21,24)/b14-12-. The highest BCUT2D eigenvalue weighted by Gasteiger charge is 2.08. The summed E-state index contributed by atoms with van der Waals surface area (Å²) in [5.74, 6) is -0.227. The Morgan fingerprint density at radius 1 is 1.25 bits per heavy atom. The number of nitriles is 1. The fourth-order valence-corrected chi connectivity index (χ4v) is 2.36. The average molecular weight is 386 g/mol. The Morgan fingerprint density at radius 2 is 2.00 bits per heavy atom. The molecule has 0 aliphatic rings. The molecule has 0 aliphatic carbocycles. The van der Waals surface area contributed by atoms with E-state index in [0.717, 1.165) is 15.7 Å². The number of hydrogen-bond acceptors (Lipinski definition) is 4. The van der Waals surface area contributed by atoms with Gasteiger partial charge >= 0.3 is 0 Å². The van der Waals surface area contributed by atoms with Crippen LogP contribution in [-0.2, 0) is 11.2 Å². The zero-order valence-electron chi connectivity index (χ0n) is 12.8. The number of amides is 1. The maximum absolute atomic E-state index is 12.0. The Bertz CT molecular complexity index is 780. The van der Waals surface area contributed by atoms with Gasteiger partial charge < -0.3 is 15.7 Å². The Hall–Kier alpha value is -2.78. The minimum Gasteiger partial charge on any atom is -0.508 e. The molecular weight excluding hydrogens is 370 g/mol. The number of phenols is 1. The Morgan fingerprint density at radius 3 is 2.67 bits per heavy atom. The number of phenolic OH excluding ortho intramolecular Hbond substituents is 1. The lowest BCUT2D eigenvalue weighted by molar-refractivity contribution is -0.117. The fraction of sp³-hybridized carbons (Fsp3) is 0.111. The van der Waals surface area contributed by atoms with Gasteiger partial charge in [0.25, 0.3) is 5.91 Å². The molecule has 0 unspecified atom stereocenters. The molecule has 0 aromatic heterocycles. The summed E-state index contributed by atoms with van der Waals surface area (Å²) in [5.41, 5.74) is 1.76. The molecule has 0 radical (unpaired) electrons. The van der Waals surface area contributed by atoms with Gasteiger partial charge in [0.05, 0.1) is 0 Å². The van der Waals surface area contributed by atoms with Crippen LogP contribution in [0.25, 0.3) is 0 Å². The van der Waals surface area contributed by atoms with Crippen molar-refractivity contribution in [2.24, 2.45) is 0 Å². The number of nitrogens with zero attached hydrogens (tertiary/aromatic N) is 1. The summed E-state index contributed by atoms with van der Waals surface area (Å²) in [7, 11) is 0. The lowest BCUT2D eigenvalue weighted by Crippen LogP contribution is -2.27. The van der Waals surface area contributed by atoms with Crippen molar-refractivity contribution in [1.29, 1.82) is 5.26 Å². The van der Waals surface area contributed by atoms with Crippen molar-refractivity contribution in [2.75, 3.05) is 11.9 Å². The number of anilines is 1. The van der Waals surface area contributed by atoms with E-state index in [4.69, 9.17) is 5.26 Å². The summed E-state index contributed by atoms with van der Waals surface area (Å²) in [4.78, 5) is 12.0. The van der Waals surface area contributed by atoms with Gasteiger partial charge in [0.2, 0.25) is 0 Å². The first-order valence-corrected chi connectivity index (χ1v) is 8.06. The predicted molar refractivity (Wildman–Crippen MR) is 96.3 cm³/mol. The minimum atomic E-state index is -0.432. The van der Waals surface area contributed by atoms with Crippen LogP contribution in [0.1, 0.15) is 5.56 Å². The summed E-state index contributed by atoms with van der Waals surface area (Å²) < 4.78 is 0.901. The first-order valence-electron chi connectivity index (χ1n) is 7.27. The molecule has 2 aromatic carbocycles. The summed E-state index contributed by atoms with van der Waals surface area (Å²) in [6.07, 6.45) is 2.00. The molecule has 0 saturated carbocycles. The zero-order chi connectivity index (χ0) is 17.4. The molecule has 0 spiro atoms. The highest BCUT2D eigenvalue weighted by Crippen LogP contribution is 2.15. The van der Waals surface area contributed by atoms with E-state index in [2.05, 4.69) is 26.6 Å². The van der Waals surface area contributed by atoms with Crippen LogP contribution in [0.5, 0.6) is 5.75 Å². The van der Waals surface area contributed by atoms with Gasteiger partial charge in [0.1, 0.15) is 17.4 Å². The lowest BCUT2D eigenvalue weighted by Gasteiger charge is -2.06. The summed E-state index contributed by atoms with van der Waals surface area (Å²) in [5, 5.41) is 24.0. The van der Waals surface area contributed by atoms with Crippen molar-refractivity contribution in [3.63, 3.8) is 0 Å². The van der Waals surface area contributed by atoms with Crippen LogP contribution in [0.15, 0.2) is 64.8 Å². The second kappa shape index (κ2) is 8.75. The van der Waals surface area contributed by atoms with Crippen molar-refractivity contribution in [1.82, 2.24) is 5.32 Å². The van der Waals surface area contributed by atoms with Crippen LogP contribution < -0.4 is 10.6 Å². The smallest absolute Gasteiger partial charge is 0.263 e. The fourth-order valence-electron chi connectivity index (χ4n) is 1.96. The number of halogens is 1. The Balaban J connectivity index is 1.88. The lowest BCUT2D eigenvalue weighted by atomic mass is 10.1. The van der Waals surface area contributed by atoms with Gasteiger partial charge in [-0.1, -0.05) is 34.1 Å². The van der Waals surface area contributed by atoms with E-state index < -0.39 is 5.91 Å². The van der Waals surface area contributed by atoms with Crippen LogP contribution in [0.4, 0.5) is 5.69 Å². The molecule has 3 N–H and O–H groups in total.